The van der Waals surface area contributed by atoms with Gasteiger partial charge in [-0.25, -0.2) is 0 Å². The number of carbonyl (C=O) groups excluding carboxylic acids is 1. The van der Waals surface area contributed by atoms with Crippen molar-refractivity contribution in [3.8, 4) is 0 Å². The van der Waals surface area contributed by atoms with Crippen LogP contribution in [0, 0.1) is 0 Å². The Hall–Kier alpha value is -1.52. The molecule has 0 saturated carbocycles. The van der Waals surface area contributed by atoms with E-state index in [0.29, 0.717) is 6.61 Å². The van der Waals surface area contributed by atoms with Gasteiger partial charge in [-0.1, -0.05) is 51.4 Å². The standard InChI is InChI=1S/C11H12BrN3O2/c1-2-17-11(16)9(12)10(14-15-13)8-6-4-3-5-7-8/h3-7,9-10H,2H2,1H3. The van der Waals surface area contributed by atoms with Crippen LogP contribution in [0.15, 0.2) is 35.4 Å². The molecular weight excluding hydrogens is 286 g/mol. The average Bonchev–Trinajstić information content (AvgIpc) is 2.36. The average molecular weight is 298 g/mol. The molecule has 0 spiro atoms. The normalized spacial score (nSPS) is 13.3. The topological polar surface area (TPSA) is 75.1 Å². The van der Waals surface area contributed by atoms with E-state index in [4.69, 9.17) is 10.3 Å². The maximum atomic E-state index is 11.6. The van der Waals surface area contributed by atoms with E-state index in [1.54, 1.807) is 19.1 Å². The first-order valence-electron chi connectivity index (χ1n) is 5.10. The maximum absolute atomic E-state index is 11.6. The first-order valence-corrected chi connectivity index (χ1v) is 6.02. The number of ether oxygens (including phenoxy) is 1. The molecule has 0 aliphatic rings. The second-order valence-corrected chi connectivity index (χ2v) is 4.20. The lowest BCUT2D eigenvalue weighted by molar-refractivity contribution is -0.142. The fourth-order valence-corrected chi connectivity index (χ4v) is 1.89. The van der Waals surface area contributed by atoms with E-state index in [1.165, 1.54) is 0 Å². The van der Waals surface area contributed by atoms with Crippen molar-refractivity contribution in [1.82, 2.24) is 0 Å². The maximum Gasteiger partial charge on any atom is 0.320 e. The van der Waals surface area contributed by atoms with Gasteiger partial charge in [0.2, 0.25) is 0 Å². The highest BCUT2D eigenvalue weighted by Gasteiger charge is 2.27. The van der Waals surface area contributed by atoms with Crippen molar-refractivity contribution < 1.29 is 9.53 Å². The number of azide groups is 1. The van der Waals surface area contributed by atoms with Crippen LogP contribution in [0.1, 0.15) is 18.5 Å². The number of alkyl halides is 1. The zero-order chi connectivity index (χ0) is 12.7. The second-order valence-electron chi connectivity index (χ2n) is 3.21. The molecule has 2 atom stereocenters. The van der Waals surface area contributed by atoms with E-state index in [1.807, 2.05) is 18.2 Å². The molecule has 0 amide bonds. The van der Waals surface area contributed by atoms with Crippen LogP contribution >= 0.6 is 15.9 Å². The van der Waals surface area contributed by atoms with Crippen molar-refractivity contribution >= 4 is 21.9 Å². The highest BCUT2D eigenvalue weighted by Crippen LogP contribution is 2.27. The van der Waals surface area contributed by atoms with Gasteiger partial charge in [0.25, 0.3) is 0 Å². The lowest BCUT2D eigenvalue weighted by Crippen LogP contribution is -2.23. The molecule has 5 nitrogen and oxygen atoms in total. The summed E-state index contributed by atoms with van der Waals surface area (Å²) in [5, 5.41) is 3.63. The Bertz CT molecular complexity index is 418. The van der Waals surface area contributed by atoms with Crippen molar-refractivity contribution in [2.75, 3.05) is 6.61 Å². The Balaban J connectivity index is 2.94. The molecule has 0 aromatic heterocycles. The monoisotopic (exact) mass is 297 g/mol. The number of hydrogen-bond acceptors (Lipinski definition) is 3. The lowest BCUT2D eigenvalue weighted by Gasteiger charge is -2.16. The van der Waals surface area contributed by atoms with Gasteiger partial charge >= 0.3 is 5.97 Å². The van der Waals surface area contributed by atoms with Gasteiger partial charge in [-0.3, -0.25) is 4.79 Å². The Morgan fingerprint density at radius 2 is 2.18 bits per heavy atom. The van der Waals surface area contributed by atoms with Crippen molar-refractivity contribution in [1.29, 1.82) is 0 Å². The highest BCUT2D eigenvalue weighted by molar-refractivity contribution is 9.10. The number of esters is 1. The van der Waals surface area contributed by atoms with E-state index >= 15 is 0 Å². The van der Waals surface area contributed by atoms with Crippen molar-refractivity contribution in [3.63, 3.8) is 0 Å². The lowest BCUT2D eigenvalue weighted by atomic mass is 10.0. The molecule has 0 N–H and O–H groups in total. The summed E-state index contributed by atoms with van der Waals surface area (Å²) >= 11 is 3.21. The SMILES string of the molecule is CCOC(=O)C(Br)C(N=[N+]=[N-])c1ccccc1. The van der Waals surface area contributed by atoms with Gasteiger partial charge in [-0.05, 0) is 18.0 Å². The minimum absolute atomic E-state index is 0.290. The second kappa shape index (κ2) is 6.93. The summed E-state index contributed by atoms with van der Waals surface area (Å²) in [6.45, 7) is 2.02. The third-order valence-electron chi connectivity index (χ3n) is 2.11. The molecule has 6 heteroatoms. The zero-order valence-corrected chi connectivity index (χ0v) is 10.9. The number of halogens is 1. The van der Waals surface area contributed by atoms with Crippen LogP contribution in [0.2, 0.25) is 0 Å². The first-order chi connectivity index (χ1) is 8.20. The van der Waals surface area contributed by atoms with Gasteiger partial charge in [-0.15, -0.1) is 0 Å². The number of rotatable bonds is 5. The van der Waals surface area contributed by atoms with Crippen LogP contribution in [0.25, 0.3) is 10.4 Å². The number of carbonyl (C=O) groups is 1. The molecular formula is C11H12BrN3O2. The fourth-order valence-electron chi connectivity index (χ4n) is 1.35. The molecule has 2 unspecified atom stereocenters. The summed E-state index contributed by atoms with van der Waals surface area (Å²) in [7, 11) is 0. The molecule has 0 radical (unpaired) electrons. The third kappa shape index (κ3) is 3.76. The number of nitrogens with zero attached hydrogens (tertiary/aromatic N) is 3. The molecule has 17 heavy (non-hydrogen) atoms. The Kier molecular flexibility index (Phi) is 5.52. The smallest absolute Gasteiger partial charge is 0.320 e. The Morgan fingerprint density at radius 3 is 2.71 bits per heavy atom. The van der Waals surface area contributed by atoms with E-state index in [-0.39, 0.29) is 0 Å². The van der Waals surface area contributed by atoms with Gasteiger partial charge in [0.05, 0.1) is 12.6 Å². The summed E-state index contributed by atoms with van der Waals surface area (Å²) in [5.41, 5.74) is 9.31. The van der Waals surface area contributed by atoms with Crippen LogP contribution in [0.5, 0.6) is 0 Å². The Morgan fingerprint density at radius 1 is 1.53 bits per heavy atom. The predicted molar refractivity (Wildman–Crippen MR) is 67.7 cm³/mol. The van der Waals surface area contributed by atoms with Gasteiger partial charge in [0.15, 0.2) is 0 Å². The molecule has 0 bridgehead atoms. The minimum atomic E-state index is -0.680. The molecule has 0 aliphatic heterocycles. The van der Waals surface area contributed by atoms with Crippen LogP contribution in [0.3, 0.4) is 0 Å². The summed E-state index contributed by atoms with van der Waals surface area (Å²) in [6.07, 6.45) is 0. The molecule has 1 rings (SSSR count). The van der Waals surface area contributed by atoms with E-state index in [0.717, 1.165) is 5.56 Å². The first kappa shape index (κ1) is 13.5. The zero-order valence-electron chi connectivity index (χ0n) is 9.28. The summed E-state index contributed by atoms with van der Waals surface area (Å²) < 4.78 is 4.88. The van der Waals surface area contributed by atoms with Crippen molar-refractivity contribution in [3.05, 3.63) is 46.3 Å². The molecule has 1 aromatic carbocycles. The summed E-state index contributed by atoms with van der Waals surface area (Å²) in [6, 6.07) is 8.48. The summed E-state index contributed by atoms with van der Waals surface area (Å²) in [5.74, 6) is -0.436. The number of benzene rings is 1. The predicted octanol–water partition coefficient (Wildman–Crippen LogP) is 3.36. The fraction of sp³-hybridized carbons (Fsp3) is 0.364. The van der Waals surface area contributed by atoms with Gasteiger partial charge in [0.1, 0.15) is 4.83 Å². The summed E-state index contributed by atoms with van der Waals surface area (Å²) in [4.78, 5) is 13.7. The van der Waals surface area contributed by atoms with Crippen LogP contribution in [-0.2, 0) is 9.53 Å². The molecule has 0 fully saturated rings. The largest absolute Gasteiger partial charge is 0.465 e. The third-order valence-corrected chi connectivity index (χ3v) is 2.98. The Labute approximate surface area is 108 Å². The van der Waals surface area contributed by atoms with Crippen LogP contribution < -0.4 is 0 Å². The van der Waals surface area contributed by atoms with Crippen LogP contribution in [-0.4, -0.2) is 17.4 Å². The van der Waals surface area contributed by atoms with Gasteiger partial charge in [-0.2, -0.15) is 0 Å². The molecule has 90 valence electrons. The van der Waals surface area contributed by atoms with E-state index in [2.05, 4.69) is 26.0 Å². The molecule has 0 heterocycles. The minimum Gasteiger partial charge on any atom is -0.465 e. The van der Waals surface area contributed by atoms with Gasteiger partial charge < -0.3 is 4.74 Å². The molecule has 1 aromatic rings. The van der Waals surface area contributed by atoms with Gasteiger partial charge in [0, 0.05) is 4.91 Å². The van der Waals surface area contributed by atoms with Crippen molar-refractivity contribution in [2.24, 2.45) is 5.11 Å². The van der Waals surface area contributed by atoms with Crippen molar-refractivity contribution in [2.45, 2.75) is 17.8 Å². The molecule has 0 saturated heterocycles. The van der Waals surface area contributed by atoms with Crippen LogP contribution in [0.4, 0.5) is 0 Å². The van der Waals surface area contributed by atoms with E-state index in [9.17, 15) is 4.79 Å². The van der Waals surface area contributed by atoms with E-state index < -0.39 is 16.8 Å². The number of hydrogen-bond donors (Lipinski definition) is 0. The molecule has 0 aliphatic carbocycles. The highest BCUT2D eigenvalue weighted by atomic mass is 79.9. The quantitative estimate of drug-likeness (QED) is 0.275.